The van der Waals surface area contributed by atoms with E-state index in [2.05, 4.69) is 9.98 Å². The molecule has 2 heterocycles. The average Bonchev–Trinajstić information content (AvgIpc) is 2.78. The fraction of sp³-hybridized carbons (Fsp3) is 0.400. The molecule has 1 amide bonds. The SMILES string of the molecule is Cc1cn(-c2cccc(C(F)(F)F)n2)c(=NC(=O)C(C)(C)C)s1. The van der Waals surface area contributed by atoms with E-state index in [1.54, 1.807) is 33.9 Å². The Balaban J connectivity index is 2.58. The molecule has 0 unspecified atom stereocenters. The molecule has 2 aromatic rings. The monoisotopic (exact) mass is 343 g/mol. The molecule has 0 saturated heterocycles. The maximum absolute atomic E-state index is 12.8. The highest BCUT2D eigenvalue weighted by Crippen LogP contribution is 2.27. The highest BCUT2D eigenvalue weighted by molar-refractivity contribution is 7.09. The first-order valence-corrected chi connectivity index (χ1v) is 7.63. The zero-order valence-electron chi connectivity index (χ0n) is 13.1. The number of hydrogen-bond acceptors (Lipinski definition) is 3. The van der Waals surface area contributed by atoms with E-state index in [-0.39, 0.29) is 11.7 Å². The molecule has 2 aromatic heterocycles. The lowest BCUT2D eigenvalue weighted by atomic mass is 9.96. The van der Waals surface area contributed by atoms with Crippen molar-refractivity contribution in [2.45, 2.75) is 33.9 Å². The predicted octanol–water partition coefficient (Wildman–Crippen LogP) is 3.73. The van der Waals surface area contributed by atoms with Gasteiger partial charge in [0.25, 0.3) is 5.91 Å². The predicted molar refractivity (Wildman–Crippen MR) is 81.2 cm³/mol. The van der Waals surface area contributed by atoms with Crippen molar-refractivity contribution in [3.63, 3.8) is 0 Å². The van der Waals surface area contributed by atoms with Crippen LogP contribution in [0.4, 0.5) is 13.2 Å². The number of nitrogens with zero attached hydrogens (tertiary/aromatic N) is 3. The molecule has 23 heavy (non-hydrogen) atoms. The highest BCUT2D eigenvalue weighted by atomic mass is 32.1. The van der Waals surface area contributed by atoms with Gasteiger partial charge in [0.1, 0.15) is 11.5 Å². The van der Waals surface area contributed by atoms with E-state index in [1.165, 1.54) is 28.0 Å². The Kier molecular flexibility index (Phi) is 4.48. The standard InChI is InChI=1S/C15H16F3N3OS/c1-9-8-21(13(23-9)20-12(22)14(2,3)4)11-7-5-6-10(19-11)15(16,17)18/h5-8H,1-4H3. The lowest BCUT2D eigenvalue weighted by molar-refractivity contribution is -0.141. The van der Waals surface area contributed by atoms with E-state index in [0.717, 1.165) is 10.9 Å². The Morgan fingerprint density at radius 2 is 1.91 bits per heavy atom. The first kappa shape index (κ1) is 17.4. The number of alkyl halides is 3. The normalized spacial score (nSPS) is 13.4. The molecule has 0 atom stereocenters. The first-order valence-electron chi connectivity index (χ1n) is 6.81. The van der Waals surface area contributed by atoms with Crippen LogP contribution in [0.15, 0.2) is 29.4 Å². The third kappa shape index (κ3) is 4.07. The molecule has 0 fully saturated rings. The van der Waals surface area contributed by atoms with Crippen molar-refractivity contribution in [2.24, 2.45) is 10.4 Å². The third-order valence-electron chi connectivity index (χ3n) is 2.88. The van der Waals surface area contributed by atoms with Gasteiger partial charge in [-0.2, -0.15) is 18.2 Å². The topological polar surface area (TPSA) is 47.2 Å². The summed E-state index contributed by atoms with van der Waals surface area (Å²) in [7, 11) is 0. The summed E-state index contributed by atoms with van der Waals surface area (Å²) in [4.78, 5) is 20.9. The molecule has 0 saturated carbocycles. The van der Waals surface area contributed by atoms with E-state index in [4.69, 9.17) is 0 Å². The van der Waals surface area contributed by atoms with Crippen molar-refractivity contribution in [3.05, 3.63) is 39.8 Å². The highest BCUT2D eigenvalue weighted by Gasteiger charge is 2.32. The molecule has 124 valence electrons. The summed E-state index contributed by atoms with van der Waals surface area (Å²) in [5.74, 6) is -0.273. The second-order valence-electron chi connectivity index (χ2n) is 6.04. The molecule has 0 aliphatic heterocycles. The molecule has 2 rings (SSSR count). The van der Waals surface area contributed by atoms with Crippen LogP contribution in [0.25, 0.3) is 5.82 Å². The molecule has 0 spiro atoms. The van der Waals surface area contributed by atoms with Crippen LogP contribution in [-0.2, 0) is 11.0 Å². The summed E-state index contributed by atoms with van der Waals surface area (Å²) < 4.78 is 39.8. The second-order valence-corrected chi connectivity index (χ2v) is 7.25. The molecule has 4 nitrogen and oxygen atoms in total. The number of aryl methyl sites for hydroxylation is 1. The Morgan fingerprint density at radius 1 is 1.26 bits per heavy atom. The summed E-state index contributed by atoms with van der Waals surface area (Å²) >= 11 is 1.22. The molecular weight excluding hydrogens is 327 g/mol. The smallest absolute Gasteiger partial charge is 0.276 e. The lowest BCUT2D eigenvalue weighted by Crippen LogP contribution is -2.23. The molecule has 8 heteroatoms. The van der Waals surface area contributed by atoms with Crippen LogP contribution >= 0.6 is 11.3 Å². The lowest BCUT2D eigenvalue weighted by Gasteiger charge is -2.12. The molecule has 0 aliphatic carbocycles. The largest absolute Gasteiger partial charge is 0.433 e. The van der Waals surface area contributed by atoms with Gasteiger partial charge >= 0.3 is 6.18 Å². The van der Waals surface area contributed by atoms with E-state index in [9.17, 15) is 18.0 Å². The first-order chi connectivity index (χ1) is 10.5. The van der Waals surface area contributed by atoms with Gasteiger partial charge in [0, 0.05) is 16.5 Å². The van der Waals surface area contributed by atoms with Crippen LogP contribution in [0.1, 0.15) is 31.3 Å². The number of aromatic nitrogens is 2. The van der Waals surface area contributed by atoms with E-state index >= 15 is 0 Å². The zero-order chi connectivity index (χ0) is 17.4. The Bertz CT molecular complexity index is 797. The summed E-state index contributed by atoms with van der Waals surface area (Å²) in [6.07, 6.45) is -2.91. The maximum atomic E-state index is 12.8. The number of pyridine rings is 1. The number of carbonyl (C=O) groups is 1. The fourth-order valence-electron chi connectivity index (χ4n) is 1.67. The van der Waals surface area contributed by atoms with Crippen LogP contribution in [0.3, 0.4) is 0 Å². The average molecular weight is 343 g/mol. The number of hydrogen-bond donors (Lipinski definition) is 0. The Hall–Kier alpha value is -1.96. The molecule has 0 aromatic carbocycles. The van der Waals surface area contributed by atoms with Gasteiger partial charge in [0.05, 0.1) is 0 Å². The van der Waals surface area contributed by atoms with E-state index < -0.39 is 17.3 Å². The molecule has 0 bridgehead atoms. The van der Waals surface area contributed by atoms with Crippen molar-refractivity contribution in [1.82, 2.24) is 9.55 Å². The number of halogens is 3. The van der Waals surface area contributed by atoms with Crippen molar-refractivity contribution < 1.29 is 18.0 Å². The summed E-state index contributed by atoms with van der Waals surface area (Å²) in [6, 6.07) is 3.63. The molecule has 0 radical (unpaired) electrons. The van der Waals surface area contributed by atoms with Gasteiger partial charge in [0.15, 0.2) is 4.80 Å². The van der Waals surface area contributed by atoms with Crippen LogP contribution in [-0.4, -0.2) is 15.5 Å². The van der Waals surface area contributed by atoms with Crippen LogP contribution in [0.5, 0.6) is 0 Å². The molecular formula is C15H16F3N3OS. The minimum atomic E-state index is -4.53. The van der Waals surface area contributed by atoms with Crippen molar-refractivity contribution in [2.75, 3.05) is 0 Å². The number of carbonyl (C=O) groups excluding carboxylic acids is 1. The van der Waals surface area contributed by atoms with Crippen LogP contribution in [0.2, 0.25) is 0 Å². The molecule has 0 aliphatic rings. The van der Waals surface area contributed by atoms with Crippen LogP contribution < -0.4 is 4.80 Å². The minimum Gasteiger partial charge on any atom is -0.276 e. The number of thiazole rings is 1. The number of rotatable bonds is 1. The summed E-state index contributed by atoms with van der Waals surface area (Å²) in [5, 5.41) is 0. The van der Waals surface area contributed by atoms with Gasteiger partial charge in [-0.3, -0.25) is 9.36 Å². The minimum absolute atomic E-state index is 0.0737. The van der Waals surface area contributed by atoms with Gasteiger partial charge in [-0.1, -0.05) is 26.8 Å². The van der Waals surface area contributed by atoms with Crippen molar-refractivity contribution in [1.29, 1.82) is 0 Å². The quantitative estimate of drug-likeness (QED) is 0.792. The van der Waals surface area contributed by atoms with Gasteiger partial charge < -0.3 is 0 Å². The second kappa shape index (κ2) is 5.92. The van der Waals surface area contributed by atoms with Gasteiger partial charge in [0.2, 0.25) is 0 Å². The van der Waals surface area contributed by atoms with Crippen molar-refractivity contribution in [3.8, 4) is 5.82 Å². The van der Waals surface area contributed by atoms with E-state index in [0.29, 0.717) is 4.80 Å². The summed E-state index contributed by atoms with van der Waals surface area (Å²) in [5.41, 5.74) is -1.66. The Morgan fingerprint density at radius 3 is 2.48 bits per heavy atom. The maximum Gasteiger partial charge on any atom is 0.433 e. The van der Waals surface area contributed by atoms with Gasteiger partial charge in [-0.25, -0.2) is 4.98 Å². The Labute approximate surface area is 135 Å². The molecule has 0 N–H and O–H groups in total. The zero-order valence-corrected chi connectivity index (χ0v) is 13.9. The van der Waals surface area contributed by atoms with Gasteiger partial charge in [-0.15, -0.1) is 11.3 Å². The van der Waals surface area contributed by atoms with Gasteiger partial charge in [-0.05, 0) is 19.1 Å². The van der Waals surface area contributed by atoms with Crippen LogP contribution in [0, 0.1) is 12.3 Å². The van der Waals surface area contributed by atoms with E-state index in [1.807, 2.05) is 0 Å². The third-order valence-corrected chi connectivity index (χ3v) is 3.78. The van der Waals surface area contributed by atoms with Crippen molar-refractivity contribution >= 4 is 17.2 Å². The fourth-order valence-corrected chi connectivity index (χ4v) is 2.49. The number of amides is 1. The summed E-state index contributed by atoms with van der Waals surface area (Å²) in [6.45, 7) is 6.97.